The number of nitrogens with zero attached hydrogens (tertiary/aromatic N) is 2. The van der Waals surface area contributed by atoms with Crippen LogP contribution >= 0.6 is 0 Å². The van der Waals surface area contributed by atoms with E-state index in [1.165, 1.54) is 24.1 Å². The first-order valence-corrected chi connectivity index (χ1v) is 8.65. The Labute approximate surface area is 140 Å². The smallest absolute Gasteiger partial charge is 0.243 e. The standard InChI is InChI=1S/C16H19FN2O4S/c1-12-4-7-14(23-12)10-18(2)16(20)11-19(3)24(21,22)15-8-5-13(17)6-9-15/h4-9H,10-11H2,1-3H3. The van der Waals surface area contributed by atoms with E-state index in [-0.39, 0.29) is 23.9 Å². The molecule has 0 unspecified atom stereocenters. The quantitative estimate of drug-likeness (QED) is 0.796. The van der Waals surface area contributed by atoms with Gasteiger partial charge in [0.05, 0.1) is 18.0 Å². The highest BCUT2D eigenvalue weighted by Crippen LogP contribution is 2.15. The van der Waals surface area contributed by atoms with Crippen molar-refractivity contribution in [3.05, 3.63) is 53.7 Å². The van der Waals surface area contributed by atoms with E-state index in [1.807, 2.05) is 0 Å². The number of likely N-dealkylation sites (N-methyl/N-ethyl adjacent to an activating group) is 2. The van der Waals surface area contributed by atoms with Gasteiger partial charge < -0.3 is 9.32 Å². The fraction of sp³-hybridized carbons (Fsp3) is 0.312. The van der Waals surface area contributed by atoms with Gasteiger partial charge in [-0.25, -0.2) is 12.8 Å². The minimum absolute atomic E-state index is 0.0662. The van der Waals surface area contributed by atoms with Crippen LogP contribution in [0.4, 0.5) is 4.39 Å². The summed E-state index contributed by atoms with van der Waals surface area (Å²) in [6.07, 6.45) is 0. The third-order valence-electron chi connectivity index (χ3n) is 3.49. The summed E-state index contributed by atoms with van der Waals surface area (Å²) in [4.78, 5) is 13.5. The van der Waals surface area contributed by atoms with E-state index < -0.39 is 15.8 Å². The number of rotatable bonds is 6. The molecule has 8 heteroatoms. The van der Waals surface area contributed by atoms with Crippen molar-refractivity contribution in [1.82, 2.24) is 9.21 Å². The maximum absolute atomic E-state index is 12.9. The number of halogens is 1. The lowest BCUT2D eigenvalue weighted by Crippen LogP contribution is -2.39. The number of carbonyl (C=O) groups excluding carboxylic acids is 1. The summed E-state index contributed by atoms with van der Waals surface area (Å²) in [7, 11) is -0.982. The van der Waals surface area contributed by atoms with Crippen LogP contribution < -0.4 is 0 Å². The Kier molecular flexibility index (Phi) is 5.40. The molecule has 0 atom stereocenters. The van der Waals surface area contributed by atoms with Crippen LogP contribution in [0.1, 0.15) is 11.5 Å². The number of sulfonamides is 1. The molecule has 0 fully saturated rings. The number of hydrogen-bond donors (Lipinski definition) is 0. The molecule has 1 amide bonds. The van der Waals surface area contributed by atoms with E-state index in [1.54, 1.807) is 26.1 Å². The molecule has 0 aliphatic rings. The SMILES string of the molecule is Cc1ccc(CN(C)C(=O)CN(C)S(=O)(=O)c2ccc(F)cc2)o1. The molecule has 2 aromatic rings. The van der Waals surface area contributed by atoms with E-state index in [9.17, 15) is 17.6 Å². The van der Waals surface area contributed by atoms with Crippen LogP contribution in [0.3, 0.4) is 0 Å². The third-order valence-corrected chi connectivity index (χ3v) is 5.31. The van der Waals surface area contributed by atoms with Gasteiger partial charge in [0.25, 0.3) is 0 Å². The fourth-order valence-corrected chi connectivity index (χ4v) is 3.20. The van der Waals surface area contributed by atoms with Crippen LogP contribution in [0, 0.1) is 12.7 Å². The maximum atomic E-state index is 12.9. The molecule has 0 aliphatic carbocycles. The van der Waals surface area contributed by atoms with Crippen molar-refractivity contribution in [3.8, 4) is 0 Å². The van der Waals surface area contributed by atoms with Crippen LogP contribution in [-0.2, 0) is 21.4 Å². The second kappa shape index (κ2) is 7.14. The number of benzene rings is 1. The Balaban J connectivity index is 2.03. The predicted octanol–water partition coefficient (Wildman–Crippen LogP) is 2.01. The highest BCUT2D eigenvalue weighted by Gasteiger charge is 2.24. The Bertz CT molecular complexity index is 815. The molecule has 6 nitrogen and oxygen atoms in total. The molecule has 1 aromatic heterocycles. The second-order valence-corrected chi connectivity index (χ2v) is 7.52. The molecule has 1 aromatic carbocycles. The zero-order valence-corrected chi connectivity index (χ0v) is 14.5. The summed E-state index contributed by atoms with van der Waals surface area (Å²) in [6.45, 7) is 1.72. The van der Waals surface area contributed by atoms with Gasteiger partial charge in [-0.05, 0) is 43.3 Å². The number of amides is 1. The van der Waals surface area contributed by atoms with E-state index in [2.05, 4.69) is 0 Å². The summed E-state index contributed by atoms with van der Waals surface area (Å²) in [5.74, 6) is 0.452. The van der Waals surface area contributed by atoms with Gasteiger partial charge in [0.15, 0.2) is 0 Å². The van der Waals surface area contributed by atoms with Gasteiger partial charge in [-0.1, -0.05) is 0 Å². The fourth-order valence-electron chi connectivity index (χ4n) is 2.07. The second-order valence-electron chi connectivity index (χ2n) is 5.48. The first-order valence-electron chi connectivity index (χ1n) is 7.21. The number of hydrogen-bond acceptors (Lipinski definition) is 4. The van der Waals surface area contributed by atoms with Gasteiger partial charge in [-0.3, -0.25) is 4.79 Å². The predicted molar refractivity (Wildman–Crippen MR) is 86.1 cm³/mol. The summed E-state index contributed by atoms with van der Waals surface area (Å²) in [5.41, 5.74) is 0. The highest BCUT2D eigenvalue weighted by molar-refractivity contribution is 7.89. The lowest BCUT2D eigenvalue weighted by molar-refractivity contribution is -0.130. The maximum Gasteiger partial charge on any atom is 0.243 e. The van der Waals surface area contributed by atoms with E-state index in [0.29, 0.717) is 5.76 Å². The van der Waals surface area contributed by atoms with Crippen molar-refractivity contribution < 1.29 is 22.0 Å². The van der Waals surface area contributed by atoms with E-state index >= 15 is 0 Å². The molecule has 0 saturated carbocycles. The van der Waals surface area contributed by atoms with Crippen molar-refractivity contribution in [3.63, 3.8) is 0 Å². The van der Waals surface area contributed by atoms with Gasteiger partial charge >= 0.3 is 0 Å². The van der Waals surface area contributed by atoms with Crippen molar-refractivity contribution in [1.29, 1.82) is 0 Å². The first-order chi connectivity index (χ1) is 11.2. The van der Waals surface area contributed by atoms with Crippen LogP contribution in [0.15, 0.2) is 45.7 Å². The van der Waals surface area contributed by atoms with Gasteiger partial charge in [0, 0.05) is 14.1 Å². The Hall–Kier alpha value is -2.19. The zero-order valence-electron chi connectivity index (χ0n) is 13.7. The minimum Gasteiger partial charge on any atom is -0.464 e. The molecule has 0 radical (unpaired) electrons. The Morgan fingerprint density at radius 1 is 1.12 bits per heavy atom. The first kappa shape index (κ1) is 18.2. The van der Waals surface area contributed by atoms with Crippen LogP contribution in [0.2, 0.25) is 0 Å². The monoisotopic (exact) mass is 354 g/mol. The summed E-state index contributed by atoms with van der Waals surface area (Å²) in [5, 5.41) is 0. The molecule has 0 saturated heterocycles. The molecular formula is C16H19FN2O4S. The highest BCUT2D eigenvalue weighted by atomic mass is 32.2. The van der Waals surface area contributed by atoms with E-state index in [0.717, 1.165) is 22.2 Å². The molecule has 24 heavy (non-hydrogen) atoms. The summed E-state index contributed by atoms with van der Waals surface area (Å²) >= 11 is 0. The van der Waals surface area contributed by atoms with Gasteiger partial charge in [0.1, 0.15) is 17.3 Å². The summed E-state index contributed by atoms with van der Waals surface area (Å²) in [6, 6.07) is 8.01. The molecule has 0 bridgehead atoms. The summed E-state index contributed by atoms with van der Waals surface area (Å²) < 4.78 is 44.0. The van der Waals surface area contributed by atoms with Crippen molar-refractivity contribution in [2.75, 3.05) is 20.6 Å². The normalized spacial score (nSPS) is 11.7. The molecule has 130 valence electrons. The van der Waals surface area contributed by atoms with E-state index in [4.69, 9.17) is 4.42 Å². The lowest BCUT2D eigenvalue weighted by atomic mass is 10.4. The van der Waals surface area contributed by atoms with Gasteiger partial charge in [-0.15, -0.1) is 0 Å². The van der Waals surface area contributed by atoms with Crippen molar-refractivity contribution in [2.45, 2.75) is 18.4 Å². The Morgan fingerprint density at radius 3 is 2.29 bits per heavy atom. The number of carbonyl (C=O) groups is 1. The minimum atomic E-state index is -3.86. The van der Waals surface area contributed by atoms with Crippen molar-refractivity contribution >= 4 is 15.9 Å². The number of furan rings is 1. The van der Waals surface area contributed by atoms with Gasteiger partial charge in [-0.2, -0.15) is 4.31 Å². The van der Waals surface area contributed by atoms with Crippen LogP contribution in [-0.4, -0.2) is 44.2 Å². The molecule has 2 rings (SSSR count). The van der Waals surface area contributed by atoms with Gasteiger partial charge in [0.2, 0.25) is 15.9 Å². The molecule has 0 aliphatic heterocycles. The topological polar surface area (TPSA) is 70.8 Å². The van der Waals surface area contributed by atoms with Crippen LogP contribution in [0.25, 0.3) is 0 Å². The average molecular weight is 354 g/mol. The molecule has 0 N–H and O–H groups in total. The number of aryl methyl sites for hydroxylation is 1. The Morgan fingerprint density at radius 2 is 1.75 bits per heavy atom. The molecule has 1 heterocycles. The largest absolute Gasteiger partial charge is 0.464 e. The van der Waals surface area contributed by atoms with Crippen molar-refractivity contribution in [2.24, 2.45) is 0 Å². The average Bonchev–Trinajstić information content (AvgIpc) is 2.92. The van der Waals surface area contributed by atoms with Crippen LogP contribution in [0.5, 0.6) is 0 Å². The molecule has 0 spiro atoms. The molecular weight excluding hydrogens is 335 g/mol. The third kappa shape index (κ3) is 4.21. The zero-order chi connectivity index (χ0) is 17.9. The lowest BCUT2D eigenvalue weighted by Gasteiger charge is -2.21.